The summed E-state index contributed by atoms with van der Waals surface area (Å²) in [5.74, 6) is 0. The van der Waals surface area contributed by atoms with E-state index in [1.807, 2.05) is 25.7 Å². The van der Waals surface area contributed by atoms with Gasteiger partial charge in [-0.1, -0.05) is 27.2 Å². The molecule has 0 rings (SSSR count). The van der Waals surface area contributed by atoms with Crippen molar-refractivity contribution in [3.8, 4) is 0 Å². The Kier molecular flexibility index (Phi) is 7.14. The second-order valence-corrected chi connectivity index (χ2v) is 4.54. The van der Waals surface area contributed by atoms with Crippen LogP contribution in [-0.2, 0) is 4.74 Å². The van der Waals surface area contributed by atoms with Crippen molar-refractivity contribution < 1.29 is 9.84 Å². The lowest BCUT2D eigenvalue weighted by Crippen LogP contribution is -2.43. The fraction of sp³-hybridized carbons (Fsp3) is 1.00. The fourth-order valence-electron chi connectivity index (χ4n) is 1.23. The number of aliphatic hydroxyl groups is 1. The zero-order valence-corrected chi connectivity index (χ0v) is 10.9. The molecule has 3 heteroatoms. The van der Waals surface area contributed by atoms with E-state index in [4.69, 9.17) is 4.74 Å². The number of rotatable bonds is 8. The van der Waals surface area contributed by atoms with Gasteiger partial charge in [0.25, 0.3) is 0 Å². The third-order valence-corrected chi connectivity index (χ3v) is 2.79. The molecule has 0 saturated carbocycles. The van der Waals surface area contributed by atoms with Gasteiger partial charge in [-0.25, -0.2) is 0 Å². The van der Waals surface area contributed by atoms with Crippen molar-refractivity contribution >= 4 is 0 Å². The molecule has 0 aliphatic carbocycles. The van der Waals surface area contributed by atoms with E-state index in [1.165, 1.54) is 0 Å². The predicted molar refractivity (Wildman–Crippen MR) is 63.6 cm³/mol. The van der Waals surface area contributed by atoms with Gasteiger partial charge in [-0.05, 0) is 33.2 Å². The minimum atomic E-state index is -0.767. The Bertz CT molecular complexity index is 160. The molecular weight excluding hydrogens is 190 g/mol. The first kappa shape index (κ1) is 14.9. The molecule has 0 spiro atoms. The fourth-order valence-corrected chi connectivity index (χ4v) is 1.23. The summed E-state index contributed by atoms with van der Waals surface area (Å²) in [7, 11) is 0. The van der Waals surface area contributed by atoms with Gasteiger partial charge in [-0.3, -0.25) is 4.90 Å². The van der Waals surface area contributed by atoms with E-state index in [1.54, 1.807) is 0 Å². The second-order valence-electron chi connectivity index (χ2n) is 4.54. The molecule has 1 atom stereocenters. The highest BCUT2D eigenvalue weighted by atomic mass is 16.6. The quantitative estimate of drug-likeness (QED) is 0.634. The van der Waals surface area contributed by atoms with Crippen LogP contribution in [0.25, 0.3) is 0 Å². The topological polar surface area (TPSA) is 32.7 Å². The zero-order chi connectivity index (χ0) is 11.9. The smallest absolute Gasteiger partial charge is 0.216 e. The summed E-state index contributed by atoms with van der Waals surface area (Å²) >= 11 is 0. The van der Waals surface area contributed by atoms with Gasteiger partial charge in [-0.15, -0.1) is 0 Å². The molecule has 0 saturated heterocycles. The molecular formula is C12H27NO2. The number of aliphatic hydroxyl groups excluding tert-OH is 1. The Morgan fingerprint density at radius 1 is 1.27 bits per heavy atom. The molecule has 0 heterocycles. The van der Waals surface area contributed by atoms with Gasteiger partial charge < -0.3 is 9.84 Å². The molecule has 3 nitrogen and oxygen atoms in total. The number of hydrogen-bond donors (Lipinski definition) is 1. The van der Waals surface area contributed by atoms with Crippen LogP contribution >= 0.6 is 0 Å². The predicted octanol–water partition coefficient (Wildman–Crippen LogP) is 2.59. The van der Waals surface area contributed by atoms with E-state index in [-0.39, 0.29) is 5.60 Å². The normalized spacial score (nSPS) is 14.6. The summed E-state index contributed by atoms with van der Waals surface area (Å²) in [6.07, 6.45) is 2.37. The molecule has 0 aromatic heterocycles. The summed E-state index contributed by atoms with van der Waals surface area (Å²) in [6, 6.07) is 0. The second kappa shape index (κ2) is 7.20. The maximum Gasteiger partial charge on any atom is 0.216 e. The van der Waals surface area contributed by atoms with Gasteiger partial charge in [0.05, 0.1) is 5.60 Å². The average Bonchev–Trinajstić information content (AvgIpc) is 2.18. The van der Waals surface area contributed by atoms with Crippen LogP contribution in [0.3, 0.4) is 0 Å². The zero-order valence-electron chi connectivity index (χ0n) is 10.9. The first-order chi connectivity index (χ1) is 6.96. The first-order valence-electron chi connectivity index (χ1n) is 6.06. The summed E-state index contributed by atoms with van der Waals surface area (Å²) in [6.45, 7) is 12.0. The highest BCUT2D eigenvalue weighted by Crippen LogP contribution is 2.17. The minimum absolute atomic E-state index is 0.251. The highest BCUT2D eigenvalue weighted by molar-refractivity contribution is 4.66. The van der Waals surface area contributed by atoms with Crippen molar-refractivity contribution in [2.75, 3.05) is 13.1 Å². The lowest BCUT2D eigenvalue weighted by molar-refractivity contribution is -0.243. The standard InChI is InChI=1S/C12H27NO2/c1-6-9-10-13(8-3)11(14)15-12(4,5)7-2/h11,14H,6-10H2,1-5H3. The summed E-state index contributed by atoms with van der Waals surface area (Å²) in [5, 5.41) is 9.91. The molecule has 0 aliphatic rings. The molecule has 1 unspecified atom stereocenters. The van der Waals surface area contributed by atoms with Crippen LogP contribution < -0.4 is 0 Å². The molecule has 15 heavy (non-hydrogen) atoms. The first-order valence-corrected chi connectivity index (χ1v) is 6.06. The number of hydrogen-bond acceptors (Lipinski definition) is 3. The molecule has 0 aromatic rings. The Hall–Kier alpha value is -0.120. The Morgan fingerprint density at radius 3 is 2.27 bits per heavy atom. The molecule has 0 amide bonds. The van der Waals surface area contributed by atoms with Crippen LogP contribution in [-0.4, -0.2) is 35.1 Å². The van der Waals surface area contributed by atoms with E-state index < -0.39 is 6.41 Å². The Morgan fingerprint density at radius 2 is 1.87 bits per heavy atom. The van der Waals surface area contributed by atoms with E-state index >= 15 is 0 Å². The average molecular weight is 217 g/mol. The molecule has 0 aliphatic heterocycles. The molecule has 0 fully saturated rings. The van der Waals surface area contributed by atoms with E-state index in [0.29, 0.717) is 0 Å². The van der Waals surface area contributed by atoms with Crippen molar-refractivity contribution in [2.24, 2.45) is 0 Å². The SMILES string of the molecule is CCCCN(CC)C(O)OC(C)(C)CC. The maximum atomic E-state index is 9.91. The van der Waals surface area contributed by atoms with E-state index in [2.05, 4.69) is 13.8 Å². The van der Waals surface area contributed by atoms with Gasteiger partial charge in [0.1, 0.15) is 0 Å². The molecule has 0 aromatic carbocycles. The van der Waals surface area contributed by atoms with Crippen LogP contribution in [0.1, 0.15) is 53.9 Å². The lowest BCUT2D eigenvalue weighted by atomic mass is 10.1. The van der Waals surface area contributed by atoms with Crippen molar-refractivity contribution in [1.29, 1.82) is 0 Å². The third kappa shape index (κ3) is 6.13. The van der Waals surface area contributed by atoms with Crippen molar-refractivity contribution in [3.63, 3.8) is 0 Å². The number of ether oxygens (including phenoxy) is 1. The van der Waals surface area contributed by atoms with Crippen LogP contribution in [0.15, 0.2) is 0 Å². The Balaban J connectivity index is 4.08. The van der Waals surface area contributed by atoms with E-state index in [9.17, 15) is 5.11 Å². The molecule has 1 N–H and O–H groups in total. The van der Waals surface area contributed by atoms with Crippen LogP contribution in [0.5, 0.6) is 0 Å². The lowest BCUT2D eigenvalue weighted by Gasteiger charge is -2.33. The van der Waals surface area contributed by atoms with Crippen LogP contribution in [0, 0.1) is 0 Å². The van der Waals surface area contributed by atoms with Gasteiger partial charge in [0.15, 0.2) is 0 Å². The van der Waals surface area contributed by atoms with Crippen LogP contribution in [0.2, 0.25) is 0 Å². The molecule has 0 radical (unpaired) electrons. The Labute approximate surface area is 94.4 Å². The minimum Gasteiger partial charge on any atom is -0.356 e. The number of nitrogens with zero attached hydrogens (tertiary/aromatic N) is 1. The van der Waals surface area contributed by atoms with E-state index in [0.717, 1.165) is 32.4 Å². The van der Waals surface area contributed by atoms with Gasteiger partial charge in [0, 0.05) is 6.54 Å². The van der Waals surface area contributed by atoms with Gasteiger partial charge in [0.2, 0.25) is 6.41 Å². The van der Waals surface area contributed by atoms with Gasteiger partial charge in [-0.2, -0.15) is 0 Å². The maximum absolute atomic E-state index is 9.91. The van der Waals surface area contributed by atoms with Crippen molar-refractivity contribution in [1.82, 2.24) is 4.90 Å². The molecule has 92 valence electrons. The van der Waals surface area contributed by atoms with Crippen molar-refractivity contribution in [2.45, 2.75) is 65.9 Å². The van der Waals surface area contributed by atoms with Crippen molar-refractivity contribution in [3.05, 3.63) is 0 Å². The van der Waals surface area contributed by atoms with Crippen LogP contribution in [0.4, 0.5) is 0 Å². The monoisotopic (exact) mass is 217 g/mol. The summed E-state index contributed by atoms with van der Waals surface area (Å²) < 4.78 is 5.62. The summed E-state index contributed by atoms with van der Waals surface area (Å²) in [4.78, 5) is 1.96. The third-order valence-electron chi connectivity index (χ3n) is 2.79. The number of unbranched alkanes of at least 4 members (excludes halogenated alkanes) is 1. The highest BCUT2D eigenvalue weighted by Gasteiger charge is 2.23. The largest absolute Gasteiger partial charge is 0.356 e. The van der Waals surface area contributed by atoms with Gasteiger partial charge >= 0.3 is 0 Å². The molecule has 0 bridgehead atoms. The summed E-state index contributed by atoms with van der Waals surface area (Å²) in [5.41, 5.74) is -0.251.